The van der Waals surface area contributed by atoms with Crippen molar-refractivity contribution in [2.75, 3.05) is 13.1 Å². The standard InChI is InChI=1S/C16H20N6O4/c23-12(24)3-1-5-21(6-2-4-13(25)26)8-11-7-17-16-14-15(19-9-18-14)20-10-22(11)16/h7,9-10H,1-6,8H2,(H,18,19)(H,23,24)(H,25,26). The molecule has 0 aliphatic rings. The van der Waals surface area contributed by atoms with Crippen molar-refractivity contribution >= 4 is 28.7 Å². The molecule has 3 rings (SSSR count). The number of carboxylic acid groups (broad SMARTS) is 2. The molecule has 138 valence electrons. The van der Waals surface area contributed by atoms with E-state index in [1.165, 1.54) is 0 Å². The van der Waals surface area contributed by atoms with Crippen LogP contribution in [-0.2, 0) is 16.1 Å². The highest BCUT2D eigenvalue weighted by atomic mass is 16.4. The van der Waals surface area contributed by atoms with Crippen molar-refractivity contribution in [2.24, 2.45) is 0 Å². The van der Waals surface area contributed by atoms with Crippen molar-refractivity contribution < 1.29 is 19.8 Å². The van der Waals surface area contributed by atoms with Crippen molar-refractivity contribution in [3.05, 3.63) is 24.5 Å². The molecule has 0 bridgehead atoms. The third-order valence-corrected chi connectivity index (χ3v) is 4.13. The molecule has 0 radical (unpaired) electrons. The van der Waals surface area contributed by atoms with E-state index in [1.54, 1.807) is 18.9 Å². The fraction of sp³-hybridized carbons (Fsp3) is 0.438. The SMILES string of the molecule is O=C(O)CCCN(CCCC(=O)O)Cc1cnc2c3[nH]cnc3ncn12. The van der Waals surface area contributed by atoms with Crippen LogP contribution in [0.3, 0.4) is 0 Å². The van der Waals surface area contributed by atoms with Gasteiger partial charge in [-0.05, 0) is 25.9 Å². The molecular weight excluding hydrogens is 340 g/mol. The Bertz CT molecular complexity index is 898. The third-order valence-electron chi connectivity index (χ3n) is 4.13. The first-order valence-corrected chi connectivity index (χ1v) is 8.34. The molecule has 0 aromatic carbocycles. The predicted octanol–water partition coefficient (Wildman–Crippen LogP) is 1.14. The number of nitrogens with one attached hydrogen (secondary N) is 1. The molecule has 0 saturated carbocycles. The van der Waals surface area contributed by atoms with Crippen LogP contribution in [-0.4, -0.2) is 64.5 Å². The lowest BCUT2D eigenvalue weighted by molar-refractivity contribution is -0.138. The van der Waals surface area contributed by atoms with Crippen LogP contribution in [0, 0.1) is 0 Å². The first-order chi connectivity index (χ1) is 12.5. The van der Waals surface area contributed by atoms with Gasteiger partial charge in [-0.3, -0.25) is 18.9 Å². The van der Waals surface area contributed by atoms with E-state index in [-0.39, 0.29) is 12.8 Å². The highest BCUT2D eigenvalue weighted by molar-refractivity contribution is 5.84. The van der Waals surface area contributed by atoms with Gasteiger partial charge in [0.1, 0.15) is 11.8 Å². The van der Waals surface area contributed by atoms with Gasteiger partial charge in [-0.15, -0.1) is 0 Å². The Morgan fingerprint density at radius 1 is 1.08 bits per heavy atom. The molecule has 3 aromatic heterocycles. The lowest BCUT2D eigenvalue weighted by atomic mass is 10.2. The summed E-state index contributed by atoms with van der Waals surface area (Å²) >= 11 is 0. The summed E-state index contributed by atoms with van der Waals surface area (Å²) in [5.41, 5.74) is 2.96. The fourth-order valence-corrected chi connectivity index (χ4v) is 2.90. The Kier molecular flexibility index (Phi) is 5.42. The first-order valence-electron chi connectivity index (χ1n) is 8.34. The first kappa shape index (κ1) is 17.8. The maximum Gasteiger partial charge on any atom is 0.303 e. The second-order valence-corrected chi connectivity index (χ2v) is 6.06. The quantitative estimate of drug-likeness (QED) is 0.489. The average molecular weight is 360 g/mol. The summed E-state index contributed by atoms with van der Waals surface area (Å²) in [6.45, 7) is 1.67. The van der Waals surface area contributed by atoms with Gasteiger partial charge in [0.25, 0.3) is 0 Å². The van der Waals surface area contributed by atoms with Crippen LogP contribution < -0.4 is 0 Å². The largest absolute Gasteiger partial charge is 0.481 e. The lowest BCUT2D eigenvalue weighted by Gasteiger charge is -2.21. The van der Waals surface area contributed by atoms with Crippen molar-refractivity contribution in [1.29, 1.82) is 0 Å². The molecule has 0 aliphatic carbocycles. The van der Waals surface area contributed by atoms with Crippen LogP contribution in [0.2, 0.25) is 0 Å². The molecule has 0 atom stereocenters. The Morgan fingerprint density at radius 2 is 1.77 bits per heavy atom. The number of aliphatic carboxylic acids is 2. The van der Waals surface area contributed by atoms with Gasteiger partial charge in [0.2, 0.25) is 0 Å². The van der Waals surface area contributed by atoms with E-state index >= 15 is 0 Å². The van der Waals surface area contributed by atoms with Crippen LogP contribution in [0.15, 0.2) is 18.9 Å². The van der Waals surface area contributed by atoms with Gasteiger partial charge < -0.3 is 15.2 Å². The summed E-state index contributed by atoms with van der Waals surface area (Å²) in [4.78, 5) is 39.4. The van der Waals surface area contributed by atoms with Gasteiger partial charge in [0.15, 0.2) is 11.3 Å². The minimum atomic E-state index is -0.837. The number of aromatic amines is 1. The minimum Gasteiger partial charge on any atom is -0.481 e. The fourth-order valence-electron chi connectivity index (χ4n) is 2.90. The van der Waals surface area contributed by atoms with Gasteiger partial charge >= 0.3 is 11.9 Å². The average Bonchev–Trinajstić information content (AvgIpc) is 3.20. The molecule has 3 heterocycles. The Labute approximate surface area is 148 Å². The molecule has 0 saturated heterocycles. The van der Waals surface area contributed by atoms with Crippen LogP contribution in [0.25, 0.3) is 16.8 Å². The van der Waals surface area contributed by atoms with Gasteiger partial charge in [0.05, 0.1) is 18.2 Å². The number of imidazole rings is 2. The number of carbonyl (C=O) groups is 2. The number of H-pyrrole nitrogens is 1. The molecule has 26 heavy (non-hydrogen) atoms. The van der Waals surface area contributed by atoms with E-state index in [0.29, 0.717) is 38.1 Å². The second-order valence-electron chi connectivity index (χ2n) is 6.06. The number of nitrogens with zero attached hydrogens (tertiary/aromatic N) is 5. The van der Waals surface area contributed by atoms with E-state index in [1.807, 2.05) is 9.30 Å². The third kappa shape index (κ3) is 4.14. The number of carboxylic acids is 2. The maximum absolute atomic E-state index is 10.7. The van der Waals surface area contributed by atoms with Gasteiger partial charge in [0, 0.05) is 19.4 Å². The second kappa shape index (κ2) is 7.91. The molecule has 0 spiro atoms. The monoisotopic (exact) mass is 360 g/mol. The van der Waals surface area contributed by atoms with Crippen LogP contribution in [0.4, 0.5) is 0 Å². The number of aromatic nitrogens is 5. The maximum atomic E-state index is 10.7. The highest BCUT2D eigenvalue weighted by Crippen LogP contribution is 2.16. The van der Waals surface area contributed by atoms with Crippen LogP contribution in [0.1, 0.15) is 31.4 Å². The summed E-state index contributed by atoms with van der Waals surface area (Å²) in [6.07, 6.45) is 6.14. The molecule has 0 aliphatic heterocycles. The van der Waals surface area contributed by atoms with E-state index < -0.39 is 11.9 Å². The minimum absolute atomic E-state index is 0.0822. The van der Waals surface area contributed by atoms with Crippen molar-refractivity contribution in [3.8, 4) is 0 Å². The van der Waals surface area contributed by atoms with Crippen molar-refractivity contribution in [3.63, 3.8) is 0 Å². The Morgan fingerprint density at radius 3 is 2.42 bits per heavy atom. The summed E-state index contributed by atoms with van der Waals surface area (Å²) in [7, 11) is 0. The van der Waals surface area contributed by atoms with E-state index in [0.717, 1.165) is 16.9 Å². The zero-order chi connectivity index (χ0) is 18.5. The number of hydrogen-bond acceptors (Lipinski definition) is 6. The smallest absolute Gasteiger partial charge is 0.303 e. The van der Waals surface area contributed by atoms with E-state index in [4.69, 9.17) is 10.2 Å². The topological polar surface area (TPSA) is 137 Å². The van der Waals surface area contributed by atoms with E-state index in [9.17, 15) is 9.59 Å². The summed E-state index contributed by atoms with van der Waals surface area (Å²) in [5, 5.41) is 17.7. The zero-order valence-electron chi connectivity index (χ0n) is 14.1. The molecule has 3 N–H and O–H groups in total. The number of hydrogen-bond donors (Lipinski definition) is 3. The zero-order valence-corrected chi connectivity index (χ0v) is 14.1. The summed E-state index contributed by atoms with van der Waals surface area (Å²) in [6, 6.07) is 0. The van der Waals surface area contributed by atoms with Crippen molar-refractivity contribution in [1.82, 2.24) is 29.2 Å². The van der Waals surface area contributed by atoms with Gasteiger partial charge in [-0.25, -0.2) is 15.0 Å². The van der Waals surface area contributed by atoms with Crippen LogP contribution >= 0.6 is 0 Å². The highest BCUT2D eigenvalue weighted by Gasteiger charge is 2.14. The normalized spacial score (nSPS) is 11.6. The van der Waals surface area contributed by atoms with Crippen molar-refractivity contribution in [2.45, 2.75) is 32.2 Å². The number of rotatable bonds is 10. The molecule has 0 fully saturated rings. The number of fused-ring (bicyclic) bond motifs is 3. The Hall–Kier alpha value is -3.01. The Balaban J connectivity index is 1.74. The summed E-state index contributed by atoms with van der Waals surface area (Å²) < 4.78 is 1.86. The molecule has 0 unspecified atom stereocenters. The van der Waals surface area contributed by atoms with E-state index in [2.05, 4.69) is 19.9 Å². The summed E-state index contributed by atoms with van der Waals surface area (Å²) in [5.74, 6) is -1.67. The van der Waals surface area contributed by atoms with Gasteiger partial charge in [-0.2, -0.15) is 0 Å². The van der Waals surface area contributed by atoms with Crippen LogP contribution in [0.5, 0.6) is 0 Å². The van der Waals surface area contributed by atoms with Gasteiger partial charge in [-0.1, -0.05) is 0 Å². The molecule has 10 nitrogen and oxygen atoms in total. The molecule has 0 amide bonds. The lowest BCUT2D eigenvalue weighted by Crippen LogP contribution is -2.27. The predicted molar refractivity (Wildman–Crippen MR) is 91.7 cm³/mol. The molecule has 3 aromatic rings. The molecular formula is C16H20N6O4. The molecule has 10 heteroatoms.